The van der Waals surface area contributed by atoms with Gasteiger partial charge in [-0.3, -0.25) is 14.5 Å². The van der Waals surface area contributed by atoms with Gasteiger partial charge in [0.1, 0.15) is 16.6 Å². The molecule has 0 unspecified atom stereocenters. The third-order valence-electron chi connectivity index (χ3n) is 5.35. The van der Waals surface area contributed by atoms with E-state index < -0.39 is 0 Å². The molecule has 1 aliphatic rings. The van der Waals surface area contributed by atoms with E-state index in [4.69, 9.17) is 0 Å². The Bertz CT molecular complexity index is 1100. The normalized spacial score (nSPS) is 14.7. The minimum absolute atomic E-state index is 0.104. The summed E-state index contributed by atoms with van der Waals surface area (Å²) in [6, 6.07) is 11.5. The maximum Gasteiger partial charge on any atom is 0.282 e. The van der Waals surface area contributed by atoms with Gasteiger partial charge in [0, 0.05) is 38.3 Å². The number of halogens is 2. The Labute approximate surface area is 194 Å². The smallest absolute Gasteiger partial charge is 0.282 e. The Kier molecular flexibility index (Phi) is 7.36. The zero-order valence-corrected chi connectivity index (χ0v) is 18.7. The molecule has 1 fully saturated rings. The largest absolute Gasteiger partial charge is 0.346 e. The summed E-state index contributed by atoms with van der Waals surface area (Å²) in [6.07, 6.45) is 0.802. The average molecular weight is 472 g/mol. The van der Waals surface area contributed by atoms with Crippen molar-refractivity contribution in [2.45, 2.75) is 19.5 Å². The molecule has 0 saturated carbocycles. The number of nitrogens with one attached hydrogen (secondary N) is 1. The highest BCUT2D eigenvalue weighted by atomic mass is 32.1. The lowest BCUT2D eigenvalue weighted by Crippen LogP contribution is -2.35. The van der Waals surface area contributed by atoms with Gasteiger partial charge in [-0.2, -0.15) is 0 Å². The molecule has 172 valence electrons. The number of amides is 2. The fourth-order valence-corrected chi connectivity index (χ4v) is 4.37. The highest BCUT2D eigenvalue weighted by molar-refractivity contribution is 7.13. The Morgan fingerprint density at radius 1 is 0.909 bits per heavy atom. The minimum Gasteiger partial charge on any atom is -0.346 e. The molecule has 0 radical (unpaired) electrons. The van der Waals surface area contributed by atoms with Crippen LogP contribution in [-0.4, -0.2) is 58.0 Å². The SMILES string of the molecule is O=C(NCc1ccc(F)cc1)c1nnc(CN2CCCN(C(=O)c3ccc(F)cc3)CC2)s1. The van der Waals surface area contributed by atoms with Crippen molar-refractivity contribution >= 4 is 23.2 Å². The summed E-state index contributed by atoms with van der Waals surface area (Å²) in [7, 11) is 0. The van der Waals surface area contributed by atoms with Gasteiger partial charge in [0.05, 0.1) is 6.54 Å². The molecule has 2 aromatic carbocycles. The predicted molar refractivity (Wildman–Crippen MR) is 120 cm³/mol. The Morgan fingerprint density at radius 3 is 2.33 bits per heavy atom. The standard InChI is InChI=1S/C23H23F2N5O2S/c24-18-6-2-16(3-7-18)14-26-21(31)22-28-27-20(33-22)15-29-10-1-11-30(13-12-29)23(32)17-4-8-19(25)9-5-17/h2-9H,1,10-15H2,(H,26,31). The first-order chi connectivity index (χ1) is 16.0. The summed E-state index contributed by atoms with van der Waals surface area (Å²) in [6.45, 7) is 3.46. The number of hydrogen-bond acceptors (Lipinski definition) is 6. The van der Waals surface area contributed by atoms with E-state index in [0.29, 0.717) is 31.7 Å². The van der Waals surface area contributed by atoms with E-state index in [9.17, 15) is 18.4 Å². The van der Waals surface area contributed by atoms with Gasteiger partial charge in [-0.15, -0.1) is 10.2 Å². The van der Waals surface area contributed by atoms with Crippen LogP contribution >= 0.6 is 11.3 Å². The molecule has 1 aliphatic heterocycles. The van der Waals surface area contributed by atoms with Crippen LogP contribution in [0.2, 0.25) is 0 Å². The van der Waals surface area contributed by atoms with Crippen molar-refractivity contribution in [3.8, 4) is 0 Å². The Hall–Kier alpha value is -3.24. The molecule has 0 atom stereocenters. The number of nitrogens with zero attached hydrogens (tertiary/aromatic N) is 4. The molecule has 2 heterocycles. The summed E-state index contributed by atoms with van der Waals surface area (Å²) in [4.78, 5) is 29.0. The van der Waals surface area contributed by atoms with E-state index in [2.05, 4.69) is 20.4 Å². The van der Waals surface area contributed by atoms with Crippen LogP contribution in [0.3, 0.4) is 0 Å². The third-order valence-corrected chi connectivity index (χ3v) is 6.26. The molecule has 7 nitrogen and oxygen atoms in total. The second kappa shape index (κ2) is 10.6. The molecule has 0 aliphatic carbocycles. The number of carbonyl (C=O) groups excluding carboxylic acids is 2. The van der Waals surface area contributed by atoms with Crippen molar-refractivity contribution < 1.29 is 18.4 Å². The van der Waals surface area contributed by atoms with Crippen molar-refractivity contribution in [1.82, 2.24) is 25.3 Å². The summed E-state index contributed by atoms with van der Waals surface area (Å²) < 4.78 is 26.1. The number of hydrogen-bond donors (Lipinski definition) is 1. The van der Waals surface area contributed by atoms with Crippen LogP contribution in [0, 0.1) is 11.6 Å². The highest BCUT2D eigenvalue weighted by Gasteiger charge is 2.22. The predicted octanol–water partition coefficient (Wildman–Crippen LogP) is 3.09. The lowest BCUT2D eigenvalue weighted by molar-refractivity contribution is 0.0760. The average Bonchev–Trinajstić information content (AvgIpc) is 3.16. The molecule has 3 aromatic rings. The van der Waals surface area contributed by atoms with Gasteiger partial charge in [0.15, 0.2) is 0 Å². The number of benzene rings is 2. The molecule has 0 spiro atoms. The van der Waals surface area contributed by atoms with E-state index in [1.807, 2.05) is 0 Å². The summed E-state index contributed by atoms with van der Waals surface area (Å²) in [5.41, 5.74) is 1.27. The molecule has 0 bridgehead atoms. The first-order valence-corrected chi connectivity index (χ1v) is 11.4. The number of aromatic nitrogens is 2. The zero-order chi connectivity index (χ0) is 23.2. The Morgan fingerprint density at radius 2 is 1.61 bits per heavy atom. The molecule has 2 amide bonds. The van der Waals surface area contributed by atoms with Gasteiger partial charge >= 0.3 is 0 Å². The topological polar surface area (TPSA) is 78.4 Å². The third kappa shape index (κ3) is 6.17. The van der Waals surface area contributed by atoms with Crippen LogP contribution < -0.4 is 5.32 Å². The maximum atomic E-state index is 13.1. The van der Waals surface area contributed by atoms with Gasteiger partial charge in [0.2, 0.25) is 5.01 Å². The monoisotopic (exact) mass is 471 g/mol. The quantitative estimate of drug-likeness (QED) is 0.598. The summed E-state index contributed by atoms with van der Waals surface area (Å²) in [5.74, 6) is -1.12. The van der Waals surface area contributed by atoms with E-state index in [0.717, 1.165) is 23.5 Å². The van der Waals surface area contributed by atoms with Crippen LogP contribution in [0.25, 0.3) is 0 Å². The Balaban J connectivity index is 1.28. The zero-order valence-electron chi connectivity index (χ0n) is 17.8. The summed E-state index contributed by atoms with van der Waals surface area (Å²) in [5, 5.41) is 11.9. The van der Waals surface area contributed by atoms with Crippen LogP contribution in [0.15, 0.2) is 48.5 Å². The first-order valence-electron chi connectivity index (χ1n) is 10.6. The van der Waals surface area contributed by atoms with Crippen molar-refractivity contribution in [3.05, 3.63) is 81.3 Å². The van der Waals surface area contributed by atoms with Crippen LogP contribution in [0.5, 0.6) is 0 Å². The molecule has 33 heavy (non-hydrogen) atoms. The second-order valence-electron chi connectivity index (χ2n) is 7.74. The molecule has 1 saturated heterocycles. The first kappa shape index (κ1) is 22.9. The molecular weight excluding hydrogens is 448 g/mol. The van der Waals surface area contributed by atoms with Crippen molar-refractivity contribution in [2.24, 2.45) is 0 Å². The van der Waals surface area contributed by atoms with E-state index >= 15 is 0 Å². The fraction of sp³-hybridized carbons (Fsp3) is 0.304. The van der Waals surface area contributed by atoms with Gasteiger partial charge < -0.3 is 10.2 Å². The number of rotatable bonds is 6. The minimum atomic E-state index is -0.367. The van der Waals surface area contributed by atoms with E-state index in [-0.39, 0.29) is 35.0 Å². The van der Waals surface area contributed by atoms with E-state index in [1.165, 1.54) is 47.7 Å². The molecule has 1 N–H and O–H groups in total. The van der Waals surface area contributed by atoms with Crippen molar-refractivity contribution in [2.75, 3.05) is 26.2 Å². The molecule has 4 rings (SSSR count). The second-order valence-corrected chi connectivity index (χ2v) is 8.80. The van der Waals surface area contributed by atoms with Gasteiger partial charge in [0.25, 0.3) is 11.8 Å². The lowest BCUT2D eigenvalue weighted by atomic mass is 10.2. The summed E-state index contributed by atoms with van der Waals surface area (Å²) >= 11 is 1.23. The van der Waals surface area contributed by atoms with Crippen LogP contribution in [0.4, 0.5) is 8.78 Å². The molecular formula is C23H23F2N5O2S. The van der Waals surface area contributed by atoms with Gasteiger partial charge in [-0.05, 0) is 48.4 Å². The molecule has 10 heteroatoms. The van der Waals surface area contributed by atoms with Gasteiger partial charge in [-0.1, -0.05) is 23.5 Å². The van der Waals surface area contributed by atoms with Crippen molar-refractivity contribution in [1.29, 1.82) is 0 Å². The van der Waals surface area contributed by atoms with Crippen molar-refractivity contribution in [3.63, 3.8) is 0 Å². The van der Waals surface area contributed by atoms with Crippen LogP contribution in [0.1, 0.15) is 37.2 Å². The van der Waals surface area contributed by atoms with E-state index in [1.54, 1.807) is 17.0 Å². The maximum absolute atomic E-state index is 13.1. The lowest BCUT2D eigenvalue weighted by Gasteiger charge is -2.21. The van der Waals surface area contributed by atoms with Crippen LogP contribution in [-0.2, 0) is 13.1 Å². The molecule has 1 aromatic heterocycles. The fourth-order valence-electron chi connectivity index (χ4n) is 3.57. The van der Waals surface area contributed by atoms with Gasteiger partial charge in [-0.25, -0.2) is 8.78 Å². The number of carbonyl (C=O) groups is 2. The highest BCUT2D eigenvalue weighted by Crippen LogP contribution is 2.16.